The molecule has 10 heteroatoms. The van der Waals surface area contributed by atoms with Crippen molar-refractivity contribution in [2.24, 2.45) is 7.05 Å². The van der Waals surface area contributed by atoms with E-state index in [-0.39, 0.29) is 0 Å². The minimum absolute atomic E-state index is 0.393. The molecule has 0 atom stereocenters. The van der Waals surface area contributed by atoms with Crippen LogP contribution in [-0.2, 0) is 7.05 Å². The van der Waals surface area contributed by atoms with E-state index in [1.165, 1.54) is 19.2 Å². The molecule has 0 aliphatic carbocycles. The van der Waals surface area contributed by atoms with Crippen LogP contribution in [0.15, 0.2) is 55.0 Å². The van der Waals surface area contributed by atoms with Gasteiger partial charge in [-0.3, -0.25) is 9.78 Å². The van der Waals surface area contributed by atoms with Gasteiger partial charge in [-0.25, -0.2) is 19.3 Å². The van der Waals surface area contributed by atoms with Crippen molar-refractivity contribution < 1.29 is 9.13 Å². The molecule has 5 aromatic heterocycles. The number of pyridine rings is 2. The van der Waals surface area contributed by atoms with E-state index in [0.717, 1.165) is 22.3 Å². The monoisotopic (exact) mass is 440 g/mol. The molecule has 0 bridgehead atoms. The van der Waals surface area contributed by atoms with Gasteiger partial charge in [0.15, 0.2) is 17.2 Å². The van der Waals surface area contributed by atoms with Crippen LogP contribution in [0, 0.1) is 5.82 Å². The van der Waals surface area contributed by atoms with Crippen molar-refractivity contribution in [3.05, 3.63) is 60.8 Å². The fourth-order valence-corrected chi connectivity index (χ4v) is 3.87. The largest absolute Gasteiger partial charge is 0.497 e. The molecular formula is C23H17FN8O. The SMILES string of the molecule is COc1cc(F)cc(-c2ccnc3[nH]c(-c4n[nH]c5ccc(-c6cnn(C)c6)nc45)nc23)c1. The van der Waals surface area contributed by atoms with Crippen LogP contribution in [0.4, 0.5) is 4.39 Å². The van der Waals surface area contributed by atoms with Gasteiger partial charge >= 0.3 is 0 Å². The summed E-state index contributed by atoms with van der Waals surface area (Å²) in [5, 5.41) is 11.7. The third-order valence-corrected chi connectivity index (χ3v) is 5.44. The number of H-pyrrole nitrogens is 2. The molecular weight excluding hydrogens is 423 g/mol. The number of rotatable bonds is 4. The van der Waals surface area contributed by atoms with Crippen molar-refractivity contribution in [1.29, 1.82) is 0 Å². The first kappa shape index (κ1) is 19.1. The number of benzene rings is 1. The molecule has 0 saturated heterocycles. The summed E-state index contributed by atoms with van der Waals surface area (Å²) in [5.74, 6) is 0.544. The fraction of sp³-hybridized carbons (Fsp3) is 0.0870. The molecule has 0 radical (unpaired) electrons. The lowest BCUT2D eigenvalue weighted by Gasteiger charge is -2.06. The van der Waals surface area contributed by atoms with E-state index in [1.807, 2.05) is 25.4 Å². The van der Waals surface area contributed by atoms with E-state index in [2.05, 4.69) is 25.3 Å². The summed E-state index contributed by atoms with van der Waals surface area (Å²) >= 11 is 0. The Morgan fingerprint density at radius 1 is 1.03 bits per heavy atom. The Morgan fingerprint density at radius 2 is 1.94 bits per heavy atom. The maximum Gasteiger partial charge on any atom is 0.162 e. The van der Waals surface area contributed by atoms with Gasteiger partial charge in [0.25, 0.3) is 0 Å². The highest BCUT2D eigenvalue weighted by Gasteiger charge is 2.18. The normalized spacial score (nSPS) is 11.5. The topological polar surface area (TPSA) is 110 Å². The molecule has 162 valence electrons. The molecule has 33 heavy (non-hydrogen) atoms. The van der Waals surface area contributed by atoms with E-state index in [1.54, 1.807) is 29.2 Å². The van der Waals surface area contributed by atoms with Gasteiger partial charge in [-0.15, -0.1) is 0 Å². The number of hydrogen-bond acceptors (Lipinski definition) is 6. The number of methoxy groups -OCH3 is 1. The van der Waals surface area contributed by atoms with E-state index >= 15 is 0 Å². The zero-order valence-electron chi connectivity index (χ0n) is 17.7. The third kappa shape index (κ3) is 3.19. The summed E-state index contributed by atoms with van der Waals surface area (Å²) in [7, 11) is 3.36. The van der Waals surface area contributed by atoms with Crippen molar-refractivity contribution in [3.8, 4) is 39.7 Å². The minimum atomic E-state index is -0.393. The Labute approximate surface area is 186 Å². The molecule has 0 unspecified atom stereocenters. The maximum atomic E-state index is 14.1. The average Bonchev–Trinajstić information content (AvgIpc) is 3.55. The molecule has 5 heterocycles. The number of aromatic amines is 2. The second-order valence-corrected chi connectivity index (χ2v) is 7.59. The molecule has 0 fully saturated rings. The van der Waals surface area contributed by atoms with Gasteiger partial charge in [-0.1, -0.05) is 0 Å². The van der Waals surface area contributed by atoms with Crippen LogP contribution in [0.5, 0.6) is 5.75 Å². The molecule has 0 spiro atoms. The Hall–Kier alpha value is -4.60. The number of ether oxygens (including phenoxy) is 1. The first-order chi connectivity index (χ1) is 16.1. The van der Waals surface area contributed by atoms with E-state index < -0.39 is 5.82 Å². The predicted octanol–water partition coefficient (Wildman–Crippen LogP) is 4.11. The Kier molecular flexibility index (Phi) is 4.19. The van der Waals surface area contributed by atoms with Gasteiger partial charge in [-0.05, 0) is 35.9 Å². The lowest BCUT2D eigenvalue weighted by atomic mass is 10.1. The van der Waals surface area contributed by atoms with Gasteiger partial charge in [0.2, 0.25) is 0 Å². The first-order valence-electron chi connectivity index (χ1n) is 10.1. The first-order valence-corrected chi connectivity index (χ1v) is 10.1. The Balaban J connectivity index is 1.50. The summed E-state index contributed by atoms with van der Waals surface area (Å²) in [6.45, 7) is 0. The zero-order chi connectivity index (χ0) is 22.5. The fourth-order valence-electron chi connectivity index (χ4n) is 3.87. The number of nitrogens with one attached hydrogen (secondary N) is 2. The van der Waals surface area contributed by atoms with E-state index in [0.29, 0.717) is 39.5 Å². The number of nitrogens with zero attached hydrogens (tertiary/aromatic N) is 6. The van der Waals surface area contributed by atoms with Crippen molar-refractivity contribution >= 4 is 22.2 Å². The predicted molar refractivity (Wildman–Crippen MR) is 121 cm³/mol. The smallest absolute Gasteiger partial charge is 0.162 e. The molecule has 0 aliphatic heterocycles. The minimum Gasteiger partial charge on any atom is -0.497 e. The second-order valence-electron chi connectivity index (χ2n) is 7.59. The van der Waals surface area contributed by atoms with Gasteiger partial charge in [0.1, 0.15) is 22.6 Å². The number of aromatic nitrogens is 8. The third-order valence-electron chi connectivity index (χ3n) is 5.44. The summed E-state index contributed by atoms with van der Waals surface area (Å²) in [6, 6.07) is 10.2. The lowest BCUT2D eigenvalue weighted by molar-refractivity contribution is 0.411. The highest BCUT2D eigenvalue weighted by Crippen LogP contribution is 2.32. The Bertz CT molecular complexity index is 1650. The van der Waals surface area contributed by atoms with E-state index in [9.17, 15) is 4.39 Å². The van der Waals surface area contributed by atoms with E-state index in [4.69, 9.17) is 14.7 Å². The number of hydrogen-bond donors (Lipinski definition) is 2. The number of halogens is 1. The van der Waals surface area contributed by atoms with Crippen LogP contribution in [0.25, 0.3) is 56.1 Å². The highest BCUT2D eigenvalue weighted by atomic mass is 19.1. The van der Waals surface area contributed by atoms with Crippen LogP contribution in [0.3, 0.4) is 0 Å². The molecule has 0 amide bonds. The average molecular weight is 440 g/mol. The molecule has 0 saturated carbocycles. The highest BCUT2D eigenvalue weighted by molar-refractivity contribution is 5.95. The molecule has 1 aromatic carbocycles. The molecule has 2 N–H and O–H groups in total. The maximum absolute atomic E-state index is 14.1. The number of imidazole rings is 1. The van der Waals surface area contributed by atoms with Gasteiger partial charge in [0.05, 0.1) is 24.5 Å². The Morgan fingerprint density at radius 3 is 2.76 bits per heavy atom. The van der Waals surface area contributed by atoms with Crippen molar-refractivity contribution in [3.63, 3.8) is 0 Å². The van der Waals surface area contributed by atoms with Crippen molar-refractivity contribution in [2.75, 3.05) is 7.11 Å². The molecule has 9 nitrogen and oxygen atoms in total. The lowest BCUT2D eigenvalue weighted by Crippen LogP contribution is -1.89. The van der Waals surface area contributed by atoms with Crippen molar-refractivity contribution in [2.45, 2.75) is 0 Å². The summed E-state index contributed by atoms with van der Waals surface area (Å²) in [6.07, 6.45) is 5.32. The van der Waals surface area contributed by atoms with Gasteiger partial charge in [-0.2, -0.15) is 10.2 Å². The summed E-state index contributed by atoms with van der Waals surface area (Å²) < 4.78 is 21.1. The zero-order valence-corrected chi connectivity index (χ0v) is 17.7. The quantitative estimate of drug-likeness (QED) is 0.427. The van der Waals surface area contributed by atoms with Crippen LogP contribution in [-0.4, -0.2) is 47.0 Å². The van der Waals surface area contributed by atoms with Gasteiger partial charge in [0, 0.05) is 36.6 Å². The number of fused-ring (bicyclic) bond motifs is 2. The van der Waals surface area contributed by atoms with Gasteiger partial charge < -0.3 is 9.72 Å². The molecule has 0 aliphatic rings. The standard InChI is InChI=1S/C23H17FN8O/c1-32-11-13(10-26-32)17-3-4-18-20(27-17)21(31-30-18)23-28-19-16(5-6-25-22(19)29-23)12-7-14(24)9-15(8-12)33-2/h3-11H,1-2H3,(H,30,31)(H,25,28,29). The summed E-state index contributed by atoms with van der Waals surface area (Å²) in [5.41, 5.74) is 6.22. The van der Waals surface area contributed by atoms with Crippen LogP contribution >= 0.6 is 0 Å². The van der Waals surface area contributed by atoms with Crippen molar-refractivity contribution in [1.82, 2.24) is 39.9 Å². The van der Waals surface area contributed by atoms with Crippen LogP contribution in [0.1, 0.15) is 0 Å². The van der Waals surface area contributed by atoms with Crippen LogP contribution < -0.4 is 4.74 Å². The number of aryl methyl sites for hydroxylation is 1. The van der Waals surface area contributed by atoms with Crippen LogP contribution in [0.2, 0.25) is 0 Å². The second kappa shape index (κ2) is 7.23. The molecule has 6 aromatic rings. The summed E-state index contributed by atoms with van der Waals surface area (Å²) in [4.78, 5) is 17.2. The molecule has 6 rings (SSSR count).